The SMILES string of the molecule is CN=C(NCc1ccccc1OC(C)(C)C)N(C)CC1CCOC1.I. The van der Waals surface area contributed by atoms with E-state index in [2.05, 4.69) is 49.1 Å². The number of nitrogens with one attached hydrogen (secondary N) is 1. The summed E-state index contributed by atoms with van der Waals surface area (Å²) < 4.78 is 11.5. The fourth-order valence-electron chi connectivity index (χ4n) is 2.84. The van der Waals surface area contributed by atoms with Gasteiger partial charge in [-0.15, -0.1) is 24.0 Å². The van der Waals surface area contributed by atoms with E-state index < -0.39 is 0 Å². The normalized spacial score (nSPS) is 17.8. The molecule has 1 fully saturated rings. The van der Waals surface area contributed by atoms with Crippen molar-refractivity contribution >= 4 is 29.9 Å². The summed E-state index contributed by atoms with van der Waals surface area (Å²) in [5.74, 6) is 2.40. The summed E-state index contributed by atoms with van der Waals surface area (Å²) >= 11 is 0. The monoisotopic (exact) mass is 461 g/mol. The molecular weight excluding hydrogens is 429 g/mol. The molecule has 5 nitrogen and oxygen atoms in total. The maximum Gasteiger partial charge on any atom is 0.193 e. The molecule has 0 spiro atoms. The lowest BCUT2D eigenvalue weighted by molar-refractivity contribution is 0.129. The van der Waals surface area contributed by atoms with E-state index in [0.717, 1.165) is 43.5 Å². The van der Waals surface area contributed by atoms with E-state index in [4.69, 9.17) is 9.47 Å². The van der Waals surface area contributed by atoms with E-state index in [-0.39, 0.29) is 29.6 Å². The highest BCUT2D eigenvalue weighted by atomic mass is 127. The van der Waals surface area contributed by atoms with Crippen LogP contribution in [-0.2, 0) is 11.3 Å². The average molecular weight is 461 g/mol. The first kappa shape index (κ1) is 22.0. The third kappa shape index (κ3) is 7.40. The molecule has 1 saturated heterocycles. The van der Waals surface area contributed by atoms with E-state index in [9.17, 15) is 0 Å². The number of hydrogen-bond acceptors (Lipinski definition) is 3. The molecule has 1 aromatic carbocycles. The van der Waals surface area contributed by atoms with Crippen LogP contribution in [0.15, 0.2) is 29.3 Å². The molecule has 0 bridgehead atoms. The molecule has 0 aliphatic carbocycles. The number of rotatable bonds is 5. The van der Waals surface area contributed by atoms with Gasteiger partial charge in [0.15, 0.2) is 5.96 Å². The molecule has 2 rings (SSSR count). The molecule has 6 heteroatoms. The van der Waals surface area contributed by atoms with Crippen LogP contribution in [0.1, 0.15) is 32.8 Å². The first-order valence-electron chi connectivity index (χ1n) is 8.65. The smallest absolute Gasteiger partial charge is 0.193 e. The summed E-state index contributed by atoms with van der Waals surface area (Å²) in [7, 11) is 3.90. The number of hydrogen-bond donors (Lipinski definition) is 1. The van der Waals surface area contributed by atoms with Crippen molar-refractivity contribution in [2.45, 2.75) is 39.3 Å². The molecule has 1 heterocycles. The summed E-state index contributed by atoms with van der Waals surface area (Å²) in [6.45, 7) is 9.56. The van der Waals surface area contributed by atoms with Gasteiger partial charge in [0.25, 0.3) is 0 Å². The standard InChI is InChI=1S/C19H31N3O2.HI/c1-19(2,3)24-17-9-7-6-8-16(17)12-21-18(20-4)22(5)13-15-10-11-23-14-15;/h6-9,15H,10-14H2,1-5H3,(H,20,21);1H. The van der Waals surface area contributed by atoms with Gasteiger partial charge in [-0.3, -0.25) is 4.99 Å². The molecule has 1 atom stereocenters. The van der Waals surface area contributed by atoms with Gasteiger partial charge in [-0.05, 0) is 33.3 Å². The van der Waals surface area contributed by atoms with Gasteiger partial charge in [0.05, 0.1) is 6.61 Å². The maximum atomic E-state index is 6.06. The Kier molecular flexibility index (Phi) is 8.99. The van der Waals surface area contributed by atoms with Crippen molar-refractivity contribution in [1.82, 2.24) is 10.2 Å². The Bertz CT molecular complexity index is 552. The Morgan fingerprint density at radius 2 is 2.08 bits per heavy atom. The van der Waals surface area contributed by atoms with Gasteiger partial charge >= 0.3 is 0 Å². The molecule has 142 valence electrons. The summed E-state index contributed by atoms with van der Waals surface area (Å²) in [6, 6.07) is 8.15. The molecule has 1 unspecified atom stereocenters. The van der Waals surface area contributed by atoms with Gasteiger partial charge < -0.3 is 19.7 Å². The van der Waals surface area contributed by atoms with Gasteiger partial charge in [0.1, 0.15) is 11.4 Å². The van der Waals surface area contributed by atoms with E-state index in [1.165, 1.54) is 0 Å². The molecule has 25 heavy (non-hydrogen) atoms. The van der Waals surface area contributed by atoms with Gasteiger partial charge in [0, 0.05) is 45.3 Å². The first-order chi connectivity index (χ1) is 11.4. The number of guanidine groups is 1. The Balaban J connectivity index is 0.00000312. The second kappa shape index (κ2) is 10.2. The van der Waals surface area contributed by atoms with Crippen LogP contribution in [0.4, 0.5) is 0 Å². The predicted molar refractivity (Wildman–Crippen MR) is 114 cm³/mol. The topological polar surface area (TPSA) is 46.1 Å². The number of benzene rings is 1. The van der Waals surface area contributed by atoms with Crippen molar-refractivity contribution in [3.8, 4) is 5.75 Å². The Labute approximate surface area is 169 Å². The average Bonchev–Trinajstić information content (AvgIpc) is 3.01. The molecular formula is C19H32IN3O2. The van der Waals surface area contributed by atoms with E-state index in [1.807, 2.05) is 25.2 Å². The number of halogens is 1. The van der Waals surface area contributed by atoms with Crippen molar-refractivity contribution in [2.24, 2.45) is 10.9 Å². The lowest BCUT2D eigenvalue weighted by Crippen LogP contribution is -2.41. The third-order valence-electron chi connectivity index (χ3n) is 3.96. The zero-order chi connectivity index (χ0) is 17.6. The van der Waals surface area contributed by atoms with Gasteiger partial charge in [-0.1, -0.05) is 18.2 Å². The second-order valence-electron chi connectivity index (χ2n) is 7.33. The minimum atomic E-state index is -0.211. The number of aliphatic imine (C=N–C) groups is 1. The van der Waals surface area contributed by atoms with Crippen LogP contribution in [-0.4, -0.2) is 50.3 Å². The molecule has 1 N–H and O–H groups in total. The highest BCUT2D eigenvalue weighted by molar-refractivity contribution is 14.0. The van der Waals surface area contributed by atoms with Crippen molar-refractivity contribution in [1.29, 1.82) is 0 Å². The highest BCUT2D eigenvalue weighted by Crippen LogP contribution is 2.23. The molecule has 1 aliphatic heterocycles. The summed E-state index contributed by atoms with van der Waals surface area (Å²) in [4.78, 5) is 6.57. The second-order valence-corrected chi connectivity index (χ2v) is 7.33. The van der Waals surface area contributed by atoms with Gasteiger partial charge in [-0.2, -0.15) is 0 Å². The molecule has 0 aromatic heterocycles. The molecule has 0 amide bonds. The van der Waals surface area contributed by atoms with Crippen LogP contribution in [0.2, 0.25) is 0 Å². The summed E-state index contributed by atoms with van der Waals surface area (Å²) in [5, 5.41) is 3.44. The van der Waals surface area contributed by atoms with Crippen LogP contribution in [0.5, 0.6) is 5.75 Å². The minimum Gasteiger partial charge on any atom is -0.488 e. The summed E-state index contributed by atoms with van der Waals surface area (Å²) in [6.07, 6.45) is 1.13. The van der Waals surface area contributed by atoms with E-state index >= 15 is 0 Å². The van der Waals surface area contributed by atoms with Crippen molar-refractivity contribution in [3.05, 3.63) is 29.8 Å². The van der Waals surface area contributed by atoms with Crippen LogP contribution >= 0.6 is 24.0 Å². The first-order valence-corrected chi connectivity index (χ1v) is 8.65. The molecule has 1 aliphatic rings. The highest BCUT2D eigenvalue weighted by Gasteiger charge is 2.19. The third-order valence-corrected chi connectivity index (χ3v) is 3.96. The van der Waals surface area contributed by atoms with Gasteiger partial charge in [-0.25, -0.2) is 0 Å². The Morgan fingerprint density at radius 1 is 1.36 bits per heavy atom. The number of ether oxygens (including phenoxy) is 2. The van der Waals surface area contributed by atoms with Crippen LogP contribution in [0, 0.1) is 5.92 Å². The van der Waals surface area contributed by atoms with Crippen LogP contribution < -0.4 is 10.1 Å². The quantitative estimate of drug-likeness (QED) is 0.414. The minimum absolute atomic E-state index is 0. The summed E-state index contributed by atoms with van der Waals surface area (Å²) in [5.41, 5.74) is 0.919. The predicted octanol–water partition coefficient (Wildman–Crippen LogP) is 3.53. The largest absolute Gasteiger partial charge is 0.488 e. The van der Waals surface area contributed by atoms with Crippen LogP contribution in [0.25, 0.3) is 0 Å². The fraction of sp³-hybridized carbons (Fsp3) is 0.632. The molecule has 0 saturated carbocycles. The zero-order valence-corrected chi connectivity index (χ0v) is 18.4. The lowest BCUT2D eigenvalue weighted by Gasteiger charge is -2.26. The molecule has 0 radical (unpaired) electrons. The van der Waals surface area contributed by atoms with Crippen molar-refractivity contribution < 1.29 is 9.47 Å². The fourth-order valence-corrected chi connectivity index (χ4v) is 2.84. The zero-order valence-electron chi connectivity index (χ0n) is 16.0. The van der Waals surface area contributed by atoms with Crippen molar-refractivity contribution in [2.75, 3.05) is 33.9 Å². The number of nitrogens with zero attached hydrogens (tertiary/aromatic N) is 2. The lowest BCUT2D eigenvalue weighted by atomic mass is 10.1. The number of para-hydroxylation sites is 1. The van der Waals surface area contributed by atoms with Crippen molar-refractivity contribution in [3.63, 3.8) is 0 Å². The van der Waals surface area contributed by atoms with Gasteiger partial charge in [0.2, 0.25) is 0 Å². The maximum absolute atomic E-state index is 6.06. The Hall–Kier alpha value is -1.02. The van der Waals surface area contributed by atoms with E-state index in [0.29, 0.717) is 12.5 Å². The molecule has 1 aromatic rings. The van der Waals surface area contributed by atoms with E-state index in [1.54, 1.807) is 0 Å². The van der Waals surface area contributed by atoms with Crippen LogP contribution in [0.3, 0.4) is 0 Å². The Morgan fingerprint density at radius 3 is 2.68 bits per heavy atom.